The number of benzene rings is 2. The molecule has 0 amide bonds. The zero-order valence-corrected chi connectivity index (χ0v) is 11.9. The van der Waals surface area contributed by atoms with Crippen LogP contribution >= 0.6 is 12.2 Å². The van der Waals surface area contributed by atoms with Gasteiger partial charge in [-0.05, 0) is 17.5 Å². The number of hydrogen-bond donors (Lipinski definition) is 0. The van der Waals surface area contributed by atoms with E-state index in [1.807, 2.05) is 0 Å². The summed E-state index contributed by atoms with van der Waals surface area (Å²) in [6.45, 7) is 1.01. The zero-order valence-electron chi connectivity index (χ0n) is 11.0. The van der Waals surface area contributed by atoms with Gasteiger partial charge in [0.15, 0.2) is 0 Å². The maximum atomic E-state index is 5.60. The van der Waals surface area contributed by atoms with E-state index >= 15 is 0 Å². The summed E-state index contributed by atoms with van der Waals surface area (Å²) in [5, 5.41) is 0. The van der Waals surface area contributed by atoms with Crippen LogP contribution in [0.15, 0.2) is 54.6 Å². The van der Waals surface area contributed by atoms with Crippen molar-refractivity contribution >= 4 is 17.2 Å². The number of hydrogen-bond acceptors (Lipinski definition) is 1. The molecule has 0 fully saturated rings. The quantitative estimate of drug-likeness (QED) is 0.722. The summed E-state index contributed by atoms with van der Waals surface area (Å²) in [7, 11) is 2.09. The fourth-order valence-corrected chi connectivity index (χ4v) is 3.09. The third-order valence-electron chi connectivity index (χ3n) is 3.87. The second-order valence-corrected chi connectivity index (χ2v) is 5.45. The molecule has 0 unspecified atom stereocenters. The van der Waals surface area contributed by atoms with Crippen LogP contribution in [0.4, 0.5) is 0 Å². The fraction of sp³-hybridized carbons (Fsp3) is 0.235. The van der Waals surface area contributed by atoms with Gasteiger partial charge in [0.25, 0.3) is 0 Å². The standard InChI is InChI=1S/C17H17NS/c1-18-12-11-14(13-7-3-2-4-8-13)15-9-5-6-10-16(15)17(18)19/h2-10,14H,11-12H2,1H3/t14-/m0/s1. The van der Waals surface area contributed by atoms with Crippen molar-refractivity contribution in [1.29, 1.82) is 0 Å². The molecule has 1 aliphatic heterocycles. The molecule has 0 N–H and O–H groups in total. The van der Waals surface area contributed by atoms with Crippen molar-refractivity contribution in [3.8, 4) is 0 Å². The van der Waals surface area contributed by atoms with Gasteiger partial charge in [-0.3, -0.25) is 0 Å². The molecule has 0 spiro atoms. The van der Waals surface area contributed by atoms with Crippen molar-refractivity contribution in [1.82, 2.24) is 4.90 Å². The Balaban J connectivity index is 2.12. The Morgan fingerprint density at radius 3 is 2.47 bits per heavy atom. The van der Waals surface area contributed by atoms with Gasteiger partial charge in [0.05, 0.1) is 0 Å². The Kier molecular flexibility index (Phi) is 3.34. The van der Waals surface area contributed by atoms with Crippen LogP contribution < -0.4 is 0 Å². The smallest absolute Gasteiger partial charge is 0.109 e. The van der Waals surface area contributed by atoms with E-state index in [0.29, 0.717) is 5.92 Å². The van der Waals surface area contributed by atoms with Crippen LogP contribution in [-0.4, -0.2) is 23.5 Å². The molecular formula is C17H17NS. The molecule has 2 aromatic rings. The van der Waals surface area contributed by atoms with Gasteiger partial charge >= 0.3 is 0 Å². The van der Waals surface area contributed by atoms with E-state index in [2.05, 4.69) is 66.5 Å². The van der Waals surface area contributed by atoms with Crippen molar-refractivity contribution in [2.45, 2.75) is 12.3 Å². The van der Waals surface area contributed by atoms with Crippen LogP contribution in [0.1, 0.15) is 29.0 Å². The lowest BCUT2D eigenvalue weighted by molar-refractivity contribution is 0.490. The number of nitrogens with zero attached hydrogens (tertiary/aromatic N) is 1. The monoisotopic (exact) mass is 267 g/mol. The molecule has 1 nitrogen and oxygen atoms in total. The first-order chi connectivity index (χ1) is 9.27. The first-order valence-corrected chi connectivity index (χ1v) is 7.07. The average Bonchev–Trinajstić information content (AvgIpc) is 2.59. The first kappa shape index (κ1) is 12.4. The first-order valence-electron chi connectivity index (χ1n) is 6.66. The zero-order chi connectivity index (χ0) is 13.2. The highest BCUT2D eigenvalue weighted by molar-refractivity contribution is 7.80. The summed E-state index contributed by atoms with van der Waals surface area (Å²) in [5.74, 6) is 0.445. The van der Waals surface area contributed by atoms with Crippen LogP contribution in [0.25, 0.3) is 0 Å². The summed E-state index contributed by atoms with van der Waals surface area (Å²) in [5.41, 5.74) is 3.96. The van der Waals surface area contributed by atoms with Crippen molar-refractivity contribution in [3.05, 3.63) is 71.3 Å². The molecule has 0 aliphatic carbocycles. The third kappa shape index (κ3) is 2.28. The summed E-state index contributed by atoms with van der Waals surface area (Å²) >= 11 is 5.60. The second-order valence-electron chi connectivity index (χ2n) is 5.07. The Hall–Kier alpha value is -1.67. The topological polar surface area (TPSA) is 3.24 Å². The summed E-state index contributed by atoms with van der Waals surface area (Å²) in [6, 6.07) is 19.3. The molecule has 0 saturated carbocycles. The molecule has 0 bridgehead atoms. The molecule has 0 radical (unpaired) electrons. The molecular weight excluding hydrogens is 250 g/mol. The molecule has 1 heterocycles. The molecule has 1 atom stereocenters. The number of rotatable bonds is 1. The SMILES string of the molecule is CN1CC[C@@H](c2ccccc2)c2ccccc2C1=S. The predicted octanol–water partition coefficient (Wildman–Crippen LogP) is 3.83. The number of thiocarbonyl (C=S) groups is 1. The van der Waals surface area contributed by atoms with Crippen LogP contribution in [0.5, 0.6) is 0 Å². The van der Waals surface area contributed by atoms with E-state index in [-0.39, 0.29) is 0 Å². The van der Waals surface area contributed by atoms with Gasteiger partial charge in [-0.25, -0.2) is 0 Å². The van der Waals surface area contributed by atoms with Gasteiger partial charge in [0, 0.05) is 25.1 Å². The summed E-state index contributed by atoms with van der Waals surface area (Å²) in [6.07, 6.45) is 1.11. The fourth-order valence-electron chi connectivity index (χ4n) is 2.81. The highest BCUT2D eigenvalue weighted by Crippen LogP contribution is 2.33. The number of fused-ring (bicyclic) bond motifs is 1. The Bertz CT molecular complexity index is 591. The predicted molar refractivity (Wildman–Crippen MR) is 83.7 cm³/mol. The molecule has 2 heteroatoms. The normalized spacial score (nSPS) is 18.9. The molecule has 0 aromatic heterocycles. The molecule has 19 heavy (non-hydrogen) atoms. The van der Waals surface area contributed by atoms with Crippen molar-refractivity contribution in [3.63, 3.8) is 0 Å². The molecule has 1 aliphatic rings. The van der Waals surface area contributed by atoms with Crippen molar-refractivity contribution in [2.24, 2.45) is 0 Å². The van der Waals surface area contributed by atoms with Gasteiger partial charge in [0.2, 0.25) is 0 Å². The van der Waals surface area contributed by atoms with Crippen LogP contribution in [-0.2, 0) is 0 Å². The molecule has 96 valence electrons. The van der Waals surface area contributed by atoms with E-state index in [1.54, 1.807) is 0 Å². The van der Waals surface area contributed by atoms with Gasteiger partial charge < -0.3 is 4.90 Å². The lowest BCUT2D eigenvalue weighted by Crippen LogP contribution is -2.25. The van der Waals surface area contributed by atoms with Crippen LogP contribution in [0.2, 0.25) is 0 Å². The van der Waals surface area contributed by atoms with Gasteiger partial charge in [-0.2, -0.15) is 0 Å². The van der Waals surface area contributed by atoms with E-state index in [4.69, 9.17) is 12.2 Å². The highest BCUT2D eigenvalue weighted by Gasteiger charge is 2.24. The second kappa shape index (κ2) is 5.14. The molecule has 3 rings (SSSR count). The minimum Gasteiger partial charge on any atom is -0.365 e. The van der Waals surface area contributed by atoms with Crippen molar-refractivity contribution in [2.75, 3.05) is 13.6 Å². The lowest BCUT2D eigenvalue weighted by atomic mass is 9.87. The maximum Gasteiger partial charge on any atom is 0.109 e. The Morgan fingerprint density at radius 1 is 1.00 bits per heavy atom. The van der Waals surface area contributed by atoms with Crippen LogP contribution in [0, 0.1) is 0 Å². The van der Waals surface area contributed by atoms with E-state index in [1.165, 1.54) is 16.7 Å². The highest BCUT2D eigenvalue weighted by atomic mass is 32.1. The summed E-state index contributed by atoms with van der Waals surface area (Å²) in [4.78, 5) is 3.16. The van der Waals surface area contributed by atoms with Crippen LogP contribution in [0.3, 0.4) is 0 Å². The minimum absolute atomic E-state index is 0.445. The largest absolute Gasteiger partial charge is 0.365 e. The Morgan fingerprint density at radius 2 is 1.68 bits per heavy atom. The average molecular weight is 267 g/mol. The van der Waals surface area contributed by atoms with Gasteiger partial charge in [0.1, 0.15) is 4.99 Å². The van der Waals surface area contributed by atoms with E-state index in [0.717, 1.165) is 18.0 Å². The third-order valence-corrected chi connectivity index (χ3v) is 4.40. The Labute approximate surface area is 119 Å². The van der Waals surface area contributed by atoms with Gasteiger partial charge in [-0.15, -0.1) is 0 Å². The molecule has 2 aromatic carbocycles. The van der Waals surface area contributed by atoms with E-state index in [9.17, 15) is 0 Å². The minimum atomic E-state index is 0.445. The maximum absolute atomic E-state index is 5.60. The van der Waals surface area contributed by atoms with E-state index < -0.39 is 0 Å². The lowest BCUT2D eigenvalue weighted by Gasteiger charge is -2.17. The molecule has 0 saturated heterocycles. The summed E-state index contributed by atoms with van der Waals surface area (Å²) < 4.78 is 0. The van der Waals surface area contributed by atoms with Gasteiger partial charge in [-0.1, -0.05) is 66.8 Å². The van der Waals surface area contributed by atoms with Crippen molar-refractivity contribution < 1.29 is 0 Å².